The molecule has 0 amide bonds. The molecule has 0 rings (SSSR count). The summed E-state index contributed by atoms with van der Waals surface area (Å²) in [6.07, 6.45) is 4.39. The number of hydrogen-bond donors (Lipinski definition) is 0. The SMILES string of the molecule is C=C(C=C=CC(F)=CC)C(C)C. The molecular formula is C11H15F. The molecule has 0 spiro atoms. The van der Waals surface area contributed by atoms with E-state index < -0.39 is 0 Å². The molecule has 0 bridgehead atoms. The summed E-state index contributed by atoms with van der Waals surface area (Å²) in [4.78, 5) is 0. The zero-order valence-electron chi connectivity index (χ0n) is 7.89. The van der Waals surface area contributed by atoms with Crippen LogP contribution in [0.4, 0.5) is 4.39 Å². The smallest absolute Gasteiger partial charge is 0.126 e. The Hall–Kier alpha value is -1.07. The first-order chi connectivity index (χ1) is 5.57. The molecule has 0 aliphatic rings. The second-order valence-electron chi connectivity index (χ2n) is 2.86. The van der Waals surface area contributed by atoms with Crippen molar-refractivity contribution in [2.75, 3.05) is 0 Å². The molecule has 0 saturated carbocycles. The van der Waals surface area contributed by atoms with Crippen molar-refractivity contribution in [2.45, 2.75) is 20.8 Å². The third-order valence-electron chi connectivity index (χ3n) is 1.51. The van der Waals surface area contributed by atoms with E-state index in [1.807, 2.05) is 13.8 Å². The summed E-state index contributed by atoms with van der Waals surface area (Å²) < 4.78 is 12.5. The van der Waals surface area contributed by atoms with Gasteiger partial charge in [0.25, 0.3) is 0 Å². The van der Waals surface area contributed by atoms with Gasteiger partial charge in [-0.25, -0.2) is 4.39 Å². The minimum atomic E-state index is -0.275. The van der Waals surface area contributed by atoms with Gasteiger partial charge in [-0.1, -0.05) is 26.5 Å². The van der Waals surface area contributed by atoms with E-state index in [1.165, 1.54) is 12.2 Å². The van der Waals surface area contributed by atoms with Gasteiger partial charge in [0.2, 0.25) is 0 Å². The fourth-order valence-corrected chi connectivity index (χ4v) is 0.478. The highest BCUT2D eigenvalue weighted by Crippen LogP contribution is 2.07. The Labute approximate surface area is 73.8 Å². The molecule has 0 aromatic heterocycles. The van der Waals surface area contributed by atoms with Gasteiger partial charge in [0.05, 0.1) is 0 Å². The highest BCUT2D eigenvalue weighted by atomic mass is 19.1. The standard InChI is InChI=1S/C11H15F/c1-5-11(12)8-6-7-10(4)9(2)3/h5,7-9H,4H2,1-3H3. The van der Waals surface area contributed by atoms with E-state index in [1.54, 1.807) is 13.0 Å². The summed E-state index contributed by atoms with van der Waals surface area (Å²) in [5, 5.41) is 0. The van der Waals surface area contributed by atoms with Crippen LogP contribution in [0.3, 0.4) is 0 Å². The second kappa shape index (κ2) is 5.56. The van der Waals surface area contributed by atoms with Crippen molar-refractivity contribution >= 4 is 0 Å². The molecule has 0 aliphatic heterocycles. The topological polar surface area (TPSA) is 0 Å². The average molecular weight is 166 g/mol. The molecule has 0 aromatic rings. The van der Waals surface area contributed by atoms with Gasteiger partial charge in [-0.2, -0.15) is 0 Å². The molecule has 0 aromatic carbocycles. The third kappa shape index (κ3) is 4.70. The number of allylic oxidation sites excluding steroid dienone is 4. The molecule has 1 heteroatoms. The number of hydrogen-bond acceptors (Lipinski definition) is 0. The van der Waals surface area contributed by atoms with Crippen molar-refractivity contribution in [2.24, 2.45) is 5.92 Å². The van der Waals surface area contributed by atoms with Gasteiger partial charge < -0.3 is 0 Å². The molecule has 0 heterocycles. The van der Waals surface area contributed by atoms with E-state index in [2.05, 4.69) is 12.3 Å². The summed E-state index contributed by atoms with van der Waals surface area (Å²) in [6.45, 7) is 9.51. The van der Waals surface area contributed by atoms with Crippen molar-refractivity contribution < 1.29 is 4.39 Å². The average Bonchev–Trinajstić information content (AvgIpc) is 2.03. The van der Waals surface area contributed by atoms with Gasteiger partial charge in [0.15, 0.2) is 0 Å². The summed E-state index contributed by atoms with van der Waals surface area (Å²) in [7, 11) is 0. The Kier molecular flexibility index (Phi) is 5.07. The van der Waals surface area contributed by atoms with Crippen molar-refractivity contribution in [1.29, 1.82) is 0 Å². The van der Waals surface area contributed by atoms with Crippen LogP contribution in [-0.4, -0.2) is 0 Å². The Morgan fingerprint density at radius 1 is 1.42 bits per heavy atom. The highest BCUT2D eigenvalue weighted by molar-refractivity contribution is 5.19. The monoisotopic (exact) mass is 166 g/mol. The zero-order valence-corrected chi connectivity index (χ0v) is 7.89. The lowest BCUT2D eigenvalue weighted by atomic mass is 10.1. The van der Waals surface area contributed by atoms with E-state index in [9.17, 15) is 4.39 Å². The van der Waals surface area contributed by atoms with Gasteiger partial charge in [-0.3, -0.25) is 0 Å². The van der Waals surface area contributed by atoms with Crippen LogP contribution < -0.4 is 0 Å². The molecule has 66 valence electrons. The van der Waals surface area contributed by atoms with Crippen LogP contribution >= 0.6 is 0 Å². The first kappa shape index (κ1) is 10.9. The maximum Gasteiger partial charge on any atom is 0.126 e. The van der Waals surface area contributed by atoms with Crippen LogP contribution in [0.25, 0.3) is 0 Å². The van der Waals surface area contributed by atoms with E-state index in [0.717, 1.165) is 5.57 Å². The predicted octanol–water partition coefficient (Wildman–Crippen LogP) is 3.78. The predicted molar refractivity (Wildman–Crippen MR) is 51.5 cm³/mol. The molecule has 0 N–H and O–H groups in total. The minimum absolute atomic E-state index is 0.275. The van der Waals surface area contributed by atoms with E-state index in [-0.39, 0.29) is 5.83 Å². The molecule has 0 atom stereocenters. The molecule has 0 aliphatic carbocycles. The van der Waals surface area contributed by atoms with Crippen LogP contribution in [-0.2, 0) is 0 Å². The van der Waals surface area contributed by atoms with E-state index >= 15 is 0 Å². The molecule has 0 fully saturated rings. The lowest BCUT2D eigenvalue weighted by Crippen LogP contribution is -1.85. The van der Waals surface area contributed by atoms with Crippen molar-refractivity contribution in [3.05, 3.63) is 41.9 Å². The normalized spacial score (nSPS) is 10.9. The van der Waals surface area contributed by atoms with E-state index in [4.69, 9.17) is 0 Å². The Morgan fingerprint density at radius 2 is 2.00 bits per heavy atom. The van der Waals surface area contributed by atoms with E-state index in [0.29, 0.717) is 5.92 Å². The quantitative estimate of drug-likeness (QED) is 0.442. The van der Waals surface area contributed by atoms with Crippen LogP contribution in [0.2, 0.25) is 0 Å². The molecule has 0 unspecified atom stereocenters. The fraction of sp³-hybridized carbons (Fsp3) is 0.364. The van der Waals surface area contributed by atoms with Gasteiger partial charge in [-0.05, 0) is 24.5 Å². The zero-order chi connectivity index (χ0) is 9.56. The van der Waals surface area contributed by atoms with Crippen LogP contribution in [0.1, 0.15) is 20.8 Å². The minimum Gasteiger partial charge on any atom is -0.207 e. The van der Waals surface area contributed by atoms with Gasteiger partial charge in [0.1, 0.15) is 5.83 Å². The Balaban J connectivity index is 4.25. The summed E-state index contributed by atoms with van der Waals surface area (Å²) in [5.74, 6) is 0.113. The van der Waals surface area contributed by atoms with Gasteiger partial charge >= 0.3 is 0 Å². The lowest BCUT2D eigenvalue weighted by Gasteiger charge is -1.99. The van der Waals surface area contributed by atoms with Gasteiger partial charge in [0, 0.05) is 6.08 Å². The third-order valence-corrected chi connectivity index (χ3v) is 1.51. The van der Waals surface area contributed by atoms with Crippen molar-refractivity contribution in [3.8, 4) is 0 Å². The van der Waals surface area contributed by atoms with Crippen LogP contribution in [0.5, 0.6) is 0 Å². The summed E-state index contributed by atoms with van der Waals surface area (Å²) in [5.41, 5.74) is 3.68. The Morgan fingerprint density at radius 3 is 2.42 bits per heavy atom. The van der Waals surface area contributed by atoms with Crippen molar-refractivity contribution in [1.82, 2.24) is 0 Å². The summed E-state index contributed by atoms with van der Waals surface area (Å²) >= 11 is 0. The number of halogens is 1. The second-order valence-corrected chi connectivity index (χ2v) is 2.86. The maximum absolute atomic E-state index is 12.5. The highest BCUT2D eigenvalue weighted by Gasteiger charge is 1.92. The fourth-order valence-electron chi connectivity index (χ4n) is 0.478. The lowest BCUT2D eigenvalue weighted by molar-refractivity contribution is 0.665. The number of rotatable bonds is 3. The van der Waals surface area contributed by atoms with Crippen molar-refractivity contribution in [3.63, 3.8) is 0 Å². The maximum atomic E-state index is 12.5. The Bertz CT molecular complexity index is 238. The molecule has 0 saturated heterocycles. The van der Waals surface area contributed by atoms with Gasteiger partial charge in [-0.15, -0.1) is 5.73 Å². The largest absolute Gasteiger partial charge is 0.207 e. The molecular weight excluding hydrogens is 151 g/mol. The van der Waals surface area contributed by atoms with Crippen LogP contribution in [0.15, 0.2) is 41.9 Å². The van der Waals surface area contributed by atoms with Crippen LogP contribution in [0, 0.1) is 5.92 Å². The summed E-state index contributed by atoms with van der Waals surface area (Å²) in [6, 6.07) is 0. The molecule has 0 radical (unpaired) electrons. The first-order valence-electron chi connectivity index (χ1n) is 4.01. The first-order valence-corrected chi connectivity index (χ1v) is 4.01. The molecule has 12 heavy (non-hydrogen) atoms. The molecule has 0 nitrogen and oxygen atoms in total.